The van der Waals surface area contributed by atoms with Crippen LogP contribution >= 0.6 is 0 Å². The molecule has 10 heteroatoms. The molecule has 0 saturated carbocycles. The number of nitrogens with one attached hydrogen (secondary N) is 1. The van der Waals surface area contributed by atoms with Crippen LogP contribution in [0.2, 0.25) is 0 Å². The monoisotopic (exact) mass is 503 g/mol. The van der Waals surface area contributed by atoms with Gasteiger partial charge < -0.3 is 10.1 Å². The predicted octanol–water partition coefficient (Wildman–Crippen LogP) is 4.94. The minimum atomic E-state index is -4.04. The van der Waals surface area contributed by atoms with E-state index in [-0.39, 0.29) is 40.5 Å². The Labute approximate surface area is 201 Å². The predicted molar refractivity (Wildman–Crippen MR) is 126 cm³/mol. The van der Waals surface area contributed by atoms with Gasteiger partial charge in [-0.2, -0.15) is 0 Å². The molecular formula is C25H24F3N3O3S. The molecule has 1 aliphatic rings. The lowest BCUT2D eigenvalue weighted by Crippen LogP contribution is -2.19. The van der Waals surface area contributed by atoms with Crippen molar-refractivity contribution in [2.45, 2.75) is 30.5 Å². The van der Waals surface area contributed by atoms with Gasteiger partial charge >= 0.3 is 0 Å². The third-order valence-electron chi connectivity index (χ3n) is 5.51. The number of allylic oxidation sites excluding steroid dienone is 2. The first-order valence-electron chi connectivity index (χ1n) is 10.8. The maximum atomic E-state index is 15.2. The van der Waals surface area contributed by atoms with Crippen molar-refractivity contribution in [1.82, 2.24) is 14.3 Å². The topological polar surface area (TPSA) is 73.2 Å². The maximum Gasteiger partial charge on any atom is 0.269 e. The minimum absolute atomic E-state index is 0.0176. The Bertz CT molecular complexity index is 1400. The molecule has 1 aromatic carbocycles. The van der Waals surface area contributed by atoms with Crippen molar-refractivity contribution in [1.29, 1.82) is 0 Å². The van der Waals surface area contributed by atoms with E-state index in [9.17, 15) is 17.2 Å². The maximum absolute atomic E-state index is 15.2. The van der Waals surface area contributed by atoms with Crippen LogP contribution in [0.1, 0.15) is 18.9 Å². The summed E-state index contributed by atoms with van der Waals surface area (Å²) in [7, 11) is -2.32. The molecule has 1 atom stereocenters. The van der Waals surface area contributed by atoms with E-state index in [2.05, 4.69) is 10.3 Å². The highest BCUT2D eigenvalue weighted by Crippen LogP contribution is 2.33. The van der Waals surface area contributed by atoms with Gasteiger partial charge in [-0.1, -0.05) is 6.08 Å². The van der Waals surface area contributed by atoms with Crippen LogP contribution in [0.5, 0.6) is 5.75 Å². The highest BCUT2D eigenvalue weighted by Gasteiger charge is 2.26. The van der Waals surface area contributed by atoms with Crippen LogP contribution in [0.4, 0.5) is 13.2 Å². The van der Waals surface area contributed by atoms with E-state index >= 15 is 4.39 Å². The Morgan fingerprint density at radius 2 is 2.03 bits per heavy atom. The number of ether oxygens (including phenoxy) is 1. The molecule has 0 aliphatic heterocycles. The molecule has 0 amide bonds. The third-order valence-corrected chi connectivity index (χ3v) is 7.16. The molecule has 1 aliphatic carbocycles. The van der Waals surface area contributed by atoms with Crippen molar-refractivity contribution in [2.75, 3.05) is 13.7 Å². The molecule has 2 aromatic heterocycles. The number of halogens is 3. The summed E-state index contributed by atoms with van der Waals surface area (Å²) in [6.45, 7) is 1.45. The average Bonchev–Trinajstić information content (AvgIpc) is 3.23. The molecule has 35 heavy (non-hydrogen) atoms. The van der Waals surface area contributed by atoms with E-state index in [0.29, 0.717) is 12.1 Å². The van der Waals surface area contributed by atoms with Crippen molar-refractivity contribution in [3.05, 3.63) is 89.9 Å². The zero-order chi connectivity index (χ0) is 25.2. The van der Waals surface area contributed by atoms with Crippen LogP contribution < -0.4 is 10.1 Å². The van der Waals surface area contributed by atoms with Crippen LogP contribution in [-0.2, 0) is 16.6 Å². The van der Waals surface area contributed by atoms with Crippen LogP contribution in [0, 0.1) is 5.82 Å². The second kappa shape index (κ2) is 9.71. The molecule has 4 rings (SSSR count). The zero-order valence-corrected chi connectivity index (χ0v) is 19.9. The van der Waals surface area contributed by atoms with E-state index in [1.807, 2.05) is 0 Å². The summed E-state index contributed by atoms with van der Waals surface area (Å²) in [6.07, 6.45) is 6.45. The number of nitrogens with zero attached hydrogens (tertiary/aromatic N) is 2. The molecule has 1 unspecified atom stereocenters. The molecule has 2 heterocycles. The standard InChI is InChI=1S/C25H24F3N3O3S/c1-25(28)8-7-18(23(27)12-25)16-34-19-5-6-21(22(26)11-19)24-10-17(13-29-2)15-31(24)35(32,33)20-4-3-9-30-14-20/h3-7,9-12,14-15,29H,8,13,16H2,1-2H3. The van der Waals surface area contributed by atoms with Crippen molar-refractivity contribution in [3.63, 3.8) is 0 Å². The Morgan fingerprint density at radius 3 is 2.69 bits per heavy atom. The lowest BCUT2D eigenvalue weighted by Gasteiger charge is -2.20. The van der Waals surface area contributed by atoms with Crippen molar-refractivity contribution >= 4 is 10.0 Å². The van der Waals surface area contributed by atoms with E-state index in [1.165, 1.54) is 55.9 Å². The van der Waals surface area contributed by atoms with Crippen molar-refractivity contribution < 1.29 is 26.3 Å². The van der Waals surface area contributed by atoms with Crippen LogP contribution in [-0.4, -0.2) is 36.7 Å². The molecular weight excluding hydrogens is 479 g/mol. The first-order chi connectivity index (χ1) is 16.6. The molecule has 0 fully saturated rings. The first kappa shape index (κ1) is 24.7. The minimum Gasteiger partial charge on any atom is -0.489 e. The number of hydrogen-bond donors (Lipinski definition) is 1. The SMILES string of the molecule is CNCc1cc(-c2ccc(OCC3=CCC(C)(F)C=C3F)cc2F)n(S(=O)(=O)c2cccnc2)c1. The molecule has 1 N–H and O–H groups in total. The van der Waals surface area contributed by atoms with Crippen LogP contribution in [0.3, 0.4) is 0 Å². The van der Waals surface area contributed by atoms with Gasteiger partial charge in [-0.25, -0.2) is 25.6 Å². The third kappa shape index (κ3) is 5.33. The Kier molecular flexibility index (Phi) is 6.86. The summed E-state index contributed by atoms with van der Waals surface area (Å²) in [5.41, 5.74) is -0.755. The van der Waals surface area contributed by atoms with Gasteiger partial charge in [0.15, 0.2) is 0 Å². The van der Waals surface area contributed by atoms with Gasteiger partial charge in [0.05, 0.1) is 5.69 Å². The Hall–Kier alpha value is -3.37. The molecule has 3 aromatic rings. The summed E-state index contributed by atoms with van der Waals surface area (Å²) in [4.78, 5) is 3.84. The largest absolute Gasteiger partial charge is 0.489 e. The molecule has 0 saturated heterocycles. The molecule has 0 bridgehead atoms. The van der Waals surface area contributed by atoms with Gasteiger partial charge in [-0.3, -0.25) is 4.98 Å². The highest BCUT2D eigenvalue weighted by atomic mass is 32.2. The number of pyridine rings is 1. The quantitative estimate of drug-likeness (QED) is 0.472. The second-order valence-electron chi connectivity index (χ2n) is 8.39. The number of rotatable bonds is 8. The van der Waals surface area contributed by atoms with Crippen LogP contribution in [0.25, 0.3) is 11.3 Å². The number of alkyl halides is 1. The molecule has 184 valence electrons. The second-order valence-corrected chi connectivity index (χ2v) is 10.2. The Morgan fingerprint density at radius 1 is 1.23 bits per heavy atom. The van der Waals surface area contributed by atoms with Gasteiger partial charge in [0.2, 0.25) is 0 Å². The Balaban J connectivity index is 1.63. The van der Waals surface area contributed by atoms with Crippen molar-refractivity contribution in [2.24, 2.45) is 0 Å². The lowest BCUT2D eigenvalue weighted by molar-refractivity contribution is 0.249. The summed E-state index contributed by atoms with van der Waals surface area (Å²) in [6, 6.07) is 8.48. The summed E-state index contributed by atoms with van der Waals surface area (Å²) >= 11 is 0. The van der Waals surface area contributed by atoms with Gasteiger partial charge in [-0.05, 0) is 55.9 Å². The summed E-state index contributed by atoms with van der Waals surface area (Å²) < 4.78 is 76.2. The smallest absolute Gasteiger partial charge is 0.269 e. The van der Waals surface area contributed by atoms with E-state index < -0.39 is 27.3 Å². The lowest BCUT2D eigenvalue weighted by atomic mass is 9.95. The van der Waals surface area contributed by atoms with Gasteiger partial charge in [0.1, 0.15) is 34.6 Å². The van der Waals surface area contributed by atoms with E-state index in [4.69, 9.17) is 4.74 Å². The number of hydrogen-bond acceptors (Lipinski definition) is 5. The van der Waals surface area contributed by atoms with Crippen LogP contribution in [0.15, 0.2) is 83.4 Å². The molecule has 0 radical (unpaired) electrons. The fourth-order valence-corrected chi connectivity index (χ4v) is 5.08. The fourth-order valence-electron chi connectivity index (χ4n) is 3.72. The number of aromatic nitrogens is 2. The summed E-state index contributed by atoms with van der Waals surface area (Å²) in [5.74, 6) is -1.31. The highest BCUT2D eigenvalue weighted by molar-refractivity contribution is 7.90. The number of benzene rings is 1. The first-order valence-corrected chi connectivity index (χ1v) is 12.3. The normalized spacial score (nSPS) is 18.2. The van der Waals surface area contributed by atoms with E-state index in [0.717, 1.165) is 16.1 Å². The molecule has 0 spiro atoms. The summed E-state index contributed by atoms with van der Waals surface area (Å²) in [5, 5.41) is 2.95. The van der Waals surface area contributed by atoms with E-state index in [1.54, 1.807) is 13.1 Å². The van der Waals surface area contributed by atoms with Gasteiger partial charge in [0, 0.05) is 48.8 Å². The molecule has 6 nitrogen and oxygen atoms in total. The zero-order valence-electron chi connectivity index (χ0n) is 19.1. The van der Waals surface area contributed by atoms with Gasteiger partial charge in [0.25, 0.3) is 10.0 Å². The van der Waals surface area contributed by atoms with Gasteiger partial charge in [-0.15, -0.1) is 0 Å². The fraction of sp³-hybridized carbons (Fsp3) is 0.240. The van der Waals surface area contributed by atoms with Crippen molar-refractivity contribution in [3.8, 4) is 17.0 Å². The average molecular weight is 504 g/mol.